The molecule has 2 aromatic carbocycles. The predicted molar refractivity (Wildman–Crippen MR) is 94.2 cm³/mol. The number of rotatable bonds is 5. The molecule has 2 rings (SSSR count). The normalized spacial score (nSPS) is 13.7. The van der Waals surface area contributed by atoms with Gasteiger partial charge in [-0.3, -0.25) is 4.57 Å². The number of hydrogen-bond acceptors (Lipinski definition) is 2. The van der Waals surface area contributed by atoms with Gasteiger partial charge >= 0.3 is 7.52 Å². The van der Waals surface area contributed by atoms with Crippen molar-refractivity contribution in [2.24, 2.45) is 0 Å². The molecule has 0 saturated heterocycles. The van der Waals surface area contributed by atoms with Gasteiger partial charge in [0.05, 0.1) is 0 Å². The van der Waals surface area contributed by atoms with Gasteiger partial charge in [-0.2, -0.15) is 0 Å². The molecule has 118 valence electrons. The quantitative estimate of drug-likeness (QED) is 0.714. The van der Waals surface area contributed by atoms with E-state index in [9.17, 15) is 4.57 Å². The van der Waals surface area contributed by atoms with Gasteiger partial charge in [0.25, 0.3) is 0 Å². The second kappa shape index (κ2) is 6.58. The molecule has 2 aromatic rings. The zero-order valence-corrected chi connectivity index (χ0v) is 14.8. The number of anilines is 1. The Morgan fingerprint density at radius 1 is 1.05 bits per heavy atom. The molecule has 22 heavy (non-hydrogen) atoms. The Morgan fingerprint density at radius 3 is 2.27 bits per heavy atom. The molecule has 0 aromatic heterocycles. The van der Waals surface area contributed by atoms with Crippen LogP contribution in [0.5, 0.6) is 5.75 Å². The molecule has 0 heterocycles. The number of benzene rings is 2. The smallest absolute Gasteiger partial charge is 0.338 e. The Balaban J connectivity index is 2.13. The minimum atomic E-state index is -2.97. The van der Waals surface area contributed by atoms with E-state index >= 15 is 0 Å². The van der Waals surface area contributed by atoms with E-state index in [1.54, 1.807) is 6.66 Å². The van der Waals surface area contributed by atoms with E-state index in [1.807, 2.05) is 56.3 Å². The van der Waals surface area contributed by atoms with Gasteiger partial charge in [-0.15, -0.1) is 0 Å². The highest BCUT2D eigenvalue weighted by atomic mass is 31.2. The van der Waals surface area contributed by atoms with E-state index in [-0.39, 0.29) is 0 Å². The van der Waals surface area contributed by atoms with Gasteiger partial charge in [0.15, 0.2) is 0 Å². The van der Waals surface area contributed by atoms with Crippen molar-refractivity contribution in [3.8, 4) is 5.75 Å². The Morgan fingerprint density at radius 2 is 1.68 bits per heavy atom. The summed E-state index contributed by atoms with van der Waals surface area (Å²) in [6, 6.07) is 13.8. The van der Waals surface area contributed by atoms with Gasteiger partial charge in [0, 0.05) is 12.4 Å². The van der Waals surface area contributed by atoms with E-state index in [0.29, 0.717) is 11.7 Å². The zero-order valence-electron chi connectivity index (χ0n) is 13.9. The van der Waals surface area contributed by atoms with Gasteiger partial charge in [-0.1, -0.05) is 38.1 Å². The highest BCUT2D eigenvalue weighted by Crippen LogP contribution is 2.44. The van der Waals surface area contributed by atoms with E-state index in [4.69, 9.17) is 4.52 Å². The molecule has 4 heteroatoms. The van der Waals surface area contributed by atoms with Crippen LogP contribution in [0.25, 0.3) is 0 Å². The third-order valence-electron chi connectivity index (χ3n) is 3.54. The first-order valence-corrected chi connectivity index (χ1v) is 9.56. The molecule has 1 unspecified atom stereocenters. The van der Waals surface area contributed by atoms with E-state index in [2.05, 4.69) is 18.9 Å². The third-order valence-corrected chi connectivity index (χ3v) is 4.75. The second-order valence-corrected chi connectivity index (χ2v) is 8.19. The first-order chi connectivity index (χ1) is 10.3. The number of hydrogen-bond donors (Lipinski definition) is 1. The van der Waals surface area contributed by atoms with Crippen molar-refractivity contribution in [3.05, 3.63) is 59.2 Å². The maximum Gasteiger partial charge on any atom is 0.338 e. The monoisotopic (exact) mass is 317 g/mol. The first kappa shape index (κ1) is 16.6. The zero-order chi connectivity index (χ0) is 16.3. The van der Waals surface area contributed by atoms with Gasteiger partial charge in [-0.25, -0.2) is 0 Å². The average Bonchev–Trinajstić information content (AvgIpc) is 2.42. The maximum absolute atomic E-state index is 12.7. The standard InChI is InChI=1S/C18H24NO2P/c1-13(2)16-8-10-17(11-9-16)21-22(5,20)19-18-12-14(3)6-7-15(18)4/h6-13H,1-5H3,(H,19,20). The summed E-state index contributed by atoms with van der Waals surface area (Å²) in [7, 11) is -2.97. The summed E-state index contributed by atoms with van der Waals surface area (Å²) in [6.45, 7) is 9.88. The van der Waals surface area contributed by atoms with Crippen LogP contribution in [0.4, 0.5) is 5.69 Å². The van der Waals surface area contributed by atoms with Crippen molar-refractivity contribution in [2.45, 2.75) is 33.6 Å². The SMILES string of the molecule is Cc1ccc(C)c(NP(C)(=O)Oc2ccc(C(C)C)cc2)c1. The molecule has 0 fully saturated rings. The fraction of sp³-hybridized carbons (Fsp3) is 0.333. The van der Waals surface area contributed by atoms with Crippen LogP contribution in [-0.4, -0.2) is 6.66 Å². The lowest BCUT2D eigenvalue weighted by atomic mass is 10.0. The van der Waals surface area contributed by atoms with Crippen LogP contribution in [0.15, 0.2) is 42.5 Å². The minimum Gasteiger partial charge on any atom is -0.429 e. The topological polar surface area (TPSA) is 38.3 Å². The van der Waals surface area contributed by atoms with E-state index in [0.717, 1.165) is 16.8 Å². The van der Waals surface area contributed by atoms with Gasteiger partial charge < -0.3 is 9.61 Å². The molecule has 3 nitrogen and oxygen atoms in total. The molecule has 0 aliphatic carbocycles. The van der Waals surface area contributed by atoms with Crippen LogP contribution in [0.3, 0.4) is 0 Å². The van der Waals surface area contributed by atoms with Crippen LogP contribution in [0.1, 0.15) is 36.5 Å². The predicted octanol–water partition coefficient (Wildman–Crippen LogP) is 5.74. The molecule has 0 saturated carbocycles. The third kappa shape index (κ3) is 4.38. The second-order valence-electron chi connectivity index (χ2n) is 6.09. The lowest BCUT2D eigenvalue weighted by Crippen LogP contribution is -2.03. The van der Waals surface area contributed by atoms with Crippen molar-refractivity contribution in [2.75, 3.05) is 11.8 Å². The van der Waals surface area contributed by atoms with Gasteiger partial charge in [0.2, 0.25) is 0 Å². The molecule has 1 atom stereocenters. The molecular formula is C18H24NO2P. The van der Waals surface area contributed by atoms with Crippen molar-refractivity contribution in [3.63, 3.8) is 0 Å². The van der Waals surface area contributed by atoms with Crippen LogP contribution in [0.2, 0.25) is 0 Å². The summed E-state index contributed by atoms with van der Waals surface area (Å²) < 4.78 is 18.4. The van der Waals surface area contributed by atoms with Crippen LogP contribution in [-0.2, 0) is 4.57 Å². The highest BCUT2D eigenvalue weighted by molar-refractivity contribution is 7.60. The molecule has 0 aliphatic rings. The van der Waals surface area contributed by atoms with Gasteiger partial charge in [0.1, 0.15) is 5.75 Å². The first-order valence-electron chi connectivity index (χ1n) is 7.49. The summed E-state index contributed by atoms with van der Waals surface area (Å²) in [5, 5.41) is 3.05. The molecule has 0 aliphatic heterocycles. The van der Waals surface area contributed by atoms with E-state index in [1.165, 1.54) is 5.56 Å². The molecule has 1 N–H and O–H groups in total. The van der Waals surface area contributed by atoms with Crippen LogP contribution in [0, 0.1) is 13.8 Å². The van der Waals surface area contributed by atoms with Crippen LogP contribution < -0.4 is 9.61 Å². The summed E-state index contributed by atoms with van der Waals surface area (Å²) in [5.41, 5.74) is 4.26. The molecule has 0 spiro atoms. The van der Waals surface area contributed by atoms with Crippen molar-refractivity contribution in [1.29, 1.82) is 0 Å². The number of aryl methyl sites for hydroxylation is 2. The fourth-order valence-electron chi connectivity index (χ4n) is 2.21. The van der Waals surface area contributed by atoms with Crippen molar-refractivity contribution < 1.29 is 9.09 Å². The summed E-state index contributed by atoms with van der Waals surface area (Å²) >= 11 is 0. The Labute approximate surface area is 133 Å². The highest BCUT2D eigenvalue weighted by Gasteiger charge is 2.18. The Kier molecular flexibility index (Phi) is 4.97. The largest absolute Gasteiger partial charge is 0.429 e. The Hall–Kier alpha value is -1.73. The van der Waals surface area contributed by atoms with Crippen LogP contribution >= 0.6 is 7.52 Å². The summed E-state index contributed by atoms with van der Waals surface area (Å²) in [6.07, 6.45) is 0. The van der Waals surface area contributed by atoms with Crippen molar-refractivity contribution >= 4 is 13.2 Å². The molecule has 0 amide bonds. The minimum absolute atomic E-state index is 0.468. The summed E-state index contributed by atoms with van der Waals surface area (Å²) in [5.74, 6) is 1.09. The average molecular weight is 317 g/mol. The lowest BCUT2D eigenvalue weighted by Gasteiger charge is -2.19. The number of nitrogens with one attached hydrogen (secondary N) is 1. The maximum atomic E-state index is 12.7. The molecule has 0 radical (unpaired) electrons. The summed E-state index contributed by atoms with van der Waals surface area (Å²) in [4.78, 5) is 0. The van der Waals surface area contributed by atoms with Crippen molar-refractivity contribution in [1.82, 2.24) is 0 Å². The van der Waals surface area contributed by atoms with Gasteiger partial charge in [-0.05, 0) is 54.7 Å². The molecular weight excluding hydrogens is 293 g/mol. The van der Waals surface area contributed by atoms with E-state index < -0.39 is 7.52 Å². The fourth-order valence-corrected chi connectivity index (χ4v) is 3.46. The Bertz CT molecular complexity index is 693. The lowest BCUT2D eigenvalue weighted by molar-refractivity contribution is 0.493. The molecule has 0 bridgehead atoms.